The lowest BCUT2D eigenvalue weighted by Crippen LogP contribution is -3.28. The van der Waals surface area contributed by atoms with E-state index in [9.17, 15) is 4.79 Å². The molecule has 1 fully saturated rings. The molecule has 2 heterocycles. The zero-order valence-electron chi connectivity index (χ0n) is 21.8. The van der Waals surface area contributed by atoms with Gasteiger partial charge in [0.15, 0.2) is 6.54 Å². The van der Waals surface area contributed by atoms with E-state index in [4.69, 9.17) is 0 Å². The van der Waals surface area contributed by atoms with Gasteiger partial charge in [0, 0.05) is 45.2 Å². The Labute approximate surface area is 223 Å². The Morgan fingerprint density at radius 2 is 1.42 bits per heavy atom. The molecule has 0 saturated carbocycles. The average molecular weight is 503 g/mol. The molecule has 1 aliphatic carbocycles. The van der Waals surface area contributed by atoms with Crippen LogP contribution < -0.4 is 15.1 Å². The van der Waals surface area contributed by atoms with Crippen molar-refractivity contribution in [2.24, 2.45) is 0 Å². The van der Waals surface area contributed by atoms with Gasteiger partial charge in [-0.2, -0.15) is 0 Å². The molecular formula is C33H34N4O+2. The lowest BCUT2D eigenvalue weighted by Gasteiger charge is -2.33. The van der Waals surface area contributed by atoms with Crippen molar-refractivity contribution in [3.05, 3.63) is 102 Å². The number of aryl methyl sites for hydroxylation is 1. The molecule has 5 nitrogen and oxygen atoms in total. The third-order valence-corrected chi connectivity index (χ3v) is 8.62. The maximum atomic E-state index is 13.1. The highest BCUT2D eigenvalue weighted by atomic mass is 16.2. The highest BCUT2D eigenvalue weighted by molar-refractivity contribution is 6.09. The van der Waals surface area contributed by atoms with Gasteiger partial charge in [-0.05, 0) is 42.3 Å². The molecule has 0 radical (unpaired) electrons. The van der Waals surface area contributed by atoms with Crippen LogP contribution in [0.1, 0.15) is 24.1 Å². The van der Waals surface area contributed by atoms with Crippen LogP contribution in [0.15, 0.2) is 91.0 Å². The molecular weight excluding hydrogens is 468 g/mol. The molecule has 0 unspecified atom stereocenters. The number of hydrogen-bond acceptors (Lipinski definition) is 1. The Morgan fingerprint density at radius 1 is 0.789 bits per heavy atom. The number of para-hydroxylation sites is 1. The van der Waals surface area contributed by atoms with E-state index in [1.807, 2.05) is 6.07 Å². The van der Waals surface area contributed by atoms with E-state index in [1.54, 1.807) is 4.90 Å². The predicted octanol–water partition coefficient (Wildman–Crippen LogP) is 3.31. The second-order valence-electron chi connectivity index (χ2n) is 10.7. The SMILES string of the molecule is CCn1c2ccccc2c2cc(NC(=O)C[NH+]3CC[NH+](C4c5ccccc5-c5ccccc54)CC3)ccc21. The van der Waals surface area contributed by atoms with E-state index in [-0.39, 0.29) is 5.91 Å². The third-order valence-electron chi connectivity index (χ3n) is 8.62. The van der Waals surface area contributed by atoms with Gasteiger partial charge in [0.1, 0.15) is 32.2 Å². The second-order valence-corrected chi connectivity index (χ2v) is 10.7. The number of amides is 1. The molecule has 3 N–H and O–H groups in total. The molecule has 5 aromatic rings. The van der Waals surface area contributed by atoms with Crippen molar-refractivity contribution in [3.63, 3.8) is 0 Å². The number of rotatable bonds is 5. The molecule has 7 rings (SSSR count). The van der Waals surface area contributed by atoms with Crippen LogP contribution in [-0.2, 0) is 11.3 Å². The van der Waals surface area contributed by atoms with Crippen LogP contribution in [-0.4, -0.2) is 43.2 Å². The van der Waals surface area contributed by atoms with Crippen molar-refractivity contribution in [2.45, 2.75) is 19.5 Å². The monoisotopic (exact) mass is 502 g/mol. The normalized spacial score (nSPS) is 19.0. The minimum absolute atomic E-state index is 0.0959. The van der Waals surface area contributed by atoms with Crippen LogP contribution >= 0.6 is 0 Å². The van der Waals surface area contributed by atoms with E-state index >= 15 is 0 Å². The minimum Gasteiger partial charge on any atom is -0.341 e. The molecule has 2 aliphatic rings. The van der Waals surface area contributed by atoms with Crippen LogP contribution in [0.25, 0.3) is 32.9 Å². The minimum atomic E-state index is 0.0959. The van der Waals surface area contributed by atoms with E-state index in [0.717, 1.165) is 38.4 Å². The highest BCUT2D eigenvalue weighted by Crippen LogP contribution is 2.41. The van der Waals surface area contributed by atoms with Gasteiger partial charge in [-0.1, -0.05) is 66.7 Å². The fourth-order valence-corrected chi connectivity index (χ4v) is 6.89. The maximum absolute atomic E-state index is 13.1. The van der Waals surface area contributed by atoms with E-state index in [0.29, 0.717) is 12.6 Å². The number of nitrogens with one attached hydrogen (secondary N) is 3. The Hall–Kier alpha value is -3.93. The summed E-state index contributed by atoms with van der Waals surface area (Å²) in [4.78, 5) is 16.0. The van der Waals surface area contributed by atoms with Crippen LogP contribution in [0.4, 0.5) is 5.69 Å². The van der Waals surface area contributed by atoms with Crippen LogP contribution in [0.2, 0.25) is 0 Å². The number of fused-ring (bicyclic) bond motifs is 6. The van der Waals surface area contributed by atoms with Gasteiger partial charge in [-0.25, -0.2) is 0 Å². The van der Waals surface area contributed by atoms with Crippen molar-refractivity contribution in [2.75, 3.05) is 38.0 Å². The molecule has 1 saturated heterocycles. The maximum Gasteiger partial charge on any atom is 0.279 e. The predicted molar refractivity (Wildman–Crippen MR) is 154 cm³/mol. The largest absolute Gasteiger partial charge is 0.341 e. The molecule has 1 aromatic heterocycles. The lowest BCUT2D eigenvalue weighted by atomic mass is 10.0. The molecule has 0 bridgehead atoms. The Bertz CT molecular complexity index is 1620. The number of anilines is 1. The number of carbonyl (C=O) groups is 1. The first-order valence-electron chi connectivity index (χ1n) is 13.9. The first-order valence-corrected chi connectivity index (χ1v) is 13.9. The van der Waals surface area contributed by atoms with Crippen molar-refractivity contribution < 1.29 is 14.6 Å². The Kier molecular flexibility index (Phi) is 5.76. The summed E-state index contributed by atoms with van der Waals surface area (Å²) >= 11 is 0. The molecule has 0 atom stereocenters. The van der Waals surface area contributed by atoms with Crippen LogP contribution in [0, 0.1) is 0 Å². The summed E-state index contributed by atoms with van der Waals surface area (Å²) in [6.45, 7) is 7.76. The fraction of sp³-hybridized carbons (Fsp3) is 0.242. The lowest BCUT2D eigenvalue weighted by molar-refractivity contribution is -1.02. The van der Waals surface area contributed by atoms with E-state index in [2.05, 4.69) is 102 Å². The van der Waals surface area contributed by atoms with E-state index in [1.165, 1.54) is 49.0 Å². The number of nitrogens with zero attached hydrogens (tertiary/aromatic N) is 1. The van der Waals surface area contributed by atoms with Gasteiger partial charge in [0.25, 0.3) is 5.91 Å². The first kappa shape index (κ1) is 23.2. The average Bonchev–Trinajstić information content (AvgIpc) is 3.46. The van der Waals surface area contributed by atoms with Crippen LogP contribution in [0.5, 0.6) is 0 Å². The van der Waals surface area contributed by atoms with E-state index < -0.39 is 0 Å². The summed E-state index contributed by atoms with van der Waals surface area (Å²) in [5, 5.41) is 5.62. The zero-order chi connectivity index (χ0) is 25.6. The van der Waals surface area contributed by atoms with Gasteiger partial charge < -0.3 is 19.7 Å². The second kappa shape index (κ2) is 9.43. The van der Waals surface area contributed by atoms with Gasteiger partial charge in [0.05, 0.1) is 0 Å². The summed E-state index contributed by atoms with van der Waals surface area (Å²) < 4.78 is 2.34. The molecule has 1 amide bonds. The van der Waals surface area contributed by atoms with Crippen molar-refractivity contribution in [1.82, 2.24) is 4.57 Å². The summed E-state index contributed by atoms with van der Waals surface area (Å²) in [5.41, 5.74) is 9.00. The quantitative estimate of drug-likeness (QED) is 0.339. The number of carbonyl (C=O) groups excluding carboxylic acids is 1. The van der Waals surface area contributed by atoms with Crippen molar-refractivity contribution in [1.29, 1.82) is 0 Å². The number of quaternary nitrogens is 2. The molecule has 4 aromatic carbocycles. The smallest absolute Gasteiger partial charge is 0.279 e. The zero-order valence-corrected chi connectivity index (χ0v) is 21.8. The highest BCUT2D eigenvalue weighted by Gasteiger charge is 2.38. The van der Waals surface area contributed by atoms with Crippen molar-refractivity contribution in [3.8, 4) is 11.1 Å². The summed E-state index contributed by atoms with van der Waals surface area (Å²) in [7, 11) is 0. The van der Waals surface area contributed by atoms with Gasteiger partial charge in [-0.15, -0.1) is 0 Å². The molecule has 38 heavy (non-hydrogen) atoms. The Morgan fingerprint density at radius 3 is 2.13 bits per heavy atom. The topological polar surface area (TPSA) is 42.9 Å². The third kappa shape index (κ3) is 3.82. The van der Waals surface area contributed by atoms with Gasteiger partial charge in [0.2, 0.25) is 0 Å². The number of benzene rings is 4. The Balaban J connectivity index is 1.03. The number of piperazine rings is 1. The van der Waals surface area contributed by atoms with Gasteiger partial charge >= 0.3 is 0 Å². The summed E-state index contributed by atoms with van der Waals surface area (Å²) in [6.07, 6.45) is 0. The molecule has 1 aliphatic heterocycles. The van der Waals surface area contributed by atoms with Crippen molar-refractivity contribution >= 4 is 33.4 Å². The molecule has 0 spiro atoms. The fourth-order valence-electron chi connectivity index (χ4n) is 6.89. The van der Waals surface area contributed by atoms with Crippen LogP contribution in [0.3, 0.4) is 0 Å². The summed E-state index contributed by atoms with van der Waals surface area (Å²) in [6, 6.07) is 33.0. The number of hydrogen-bond donors (Lipinski definition) is 3. The molecule has 5 heteroatoms. The first-order chi connectivity index (χ1) is 18.7. The standard InChI is InChI=1S/C33H32N4O/c1-2-37-30-14-8-7-11-26(30)29-21-23(15-16-31(29)37)34-32(38)22-35-17-19-36(20-18-35)33-27-12-5-3-9-24(27)25-10-4-6-13-28(25)33/h3-16,21,33H,2,17-20,22H2,1H3,(H,34,38)/p+2. The summed E-state index contributed by atoms with van der Waals surface area (Å²) in [5.74, 6) is 0.0959. The van der Waals surface area contributed by atoms with Gasteiger partial charge in [-0.3, -0.25) is 4.79 Å². The number of aromatic nitrogens is 1. The molecule has 190 valence electrons.